The fraction of sp³-hybridized carbons (Fsp3) is 0.167. The van der Waals surface area contributed by atoms with Crippen LogP contribution in [0.5, 0.6) is 11.6 Å². The zero-order chi connectivity index (χ0) is 22.7. The highest BCUT2D eigenvalue weighted by Crippen LogP contribution is 2.39. The summed E-state index contributed by atoms with van der Waals surface area (Å²) in [5, 5.41) is 20.2. The number of aliphatic hydroxyl groups is 1. The first-order valence-electron chi connectivity index (χ1n) is 9.97. The van der Waals surface area contributed by atoms with Crippen molar-refractivity contribution >= 4 is 11.3 Å². The summed E-state index contributed by atoms with van der Waals surface area (Å²) in [6.07, 6.45) is -0.776. The number of rotatable bonds is 6. The molecule has 0 aliphatic carbocycles. The molecule has 0 aliphatic rings. The second-order valence-corrected chi connectivity index (χ2v) is 8.18. The predicted octanol–water partition coefficient (Wildman–Crippen LogP) is 4.54. The molecule has 2 aromatic carbocycles. The van der Waals surface area contributed by atoms with Gasteiger partial charge in [0.2, 0.25) is 5.88 Å². The molecule has 1 unspecified atom stereocenters. The topological polar surface area (TPSA) is 118 Å². The summed E-state index contributed by atoms with van der Waals surface area (Å²) in [5.41, 5.74) is 9.17. The van der Waals surface area contributed by atoms with Crippen LogP contribution in [-0.4, -0.2) is 26.6 Å². The molecule has 160 valence electrons. The van der Waals surface area contributed by atoms with Crippen LogP contribution in [0.25, 0.3) is 21.8 Å². The minimum absolute atomic E-state index is 0.113. The lowest BCUT2D eigenvalue weighted by Crippen LogP contribution is -2.10. The molecule has 7 nitrogen and oxygen atoms in total. The molecule has 8 heteroatoms. The van der Waals surface area contributed by atoms with E-state index in [2.05, 4.69) is 21.0 Å². The Morgan fingerprint density at radius 1 is 1.09 bits per heavy atom. The molecule has 32 heavy (non-hydrogen) atoms. The Kier molecular flexibility index (Phi) is 6.23. The van der Waals surface area contributed by atoms with Crippen molar-refractivity contribution in [2.75, 3.05) is 6.54 Å². The van der Waals surface area contributed by atoms with Crippen LogP contribution in [0.4, 0.5) is 0 Å². The van der Waals surface area contributed by atoms with E-state index in [1.54, 1.807) is 31.2 Å². The third-order valence-electron chi connectivity index (χ3n) is 4.80. The number of hydrogen-bond donors (Lipinski definition) is 2. The van der Waals surface area contributed by atoms with E-state index in [1.807, 2.05) is 37.3 Å². The standard InChI is InChI=1S/C24H21N5O2S/c1-14-23(20(30)13-26)32-24(27-14)18-9-8-16(12-25)10-21(18)31-22-11-19(28-15(2)29-22)17-6-4-3-5-7-17/h3-11,20,30H,13,26H2,1-2H3. The quantitative estimate of drug-likeness (QED) is 0.449. The lowest BCUT2D eigenvalue weighted by molar-refractivity contribution is 0.189. The summed E-state index contributed by atoms with van der Waals surface area (Å²) in [7, 11) is 0. The van der Waals surface area contributed by atoms with Crippen LogP contribution in [-0.2, 0) is 0 Å². The second-order valence-electron chi connectivity index (χ2n) is 7.15. The van der Waals surface area contributed by atoms with Gasteiger partial charge in [-0.2, -0.15) is 10.2 Å². The van der Waals surface area contributed by atoms with Crippen LogP contribution in [0, 0.1) is 25.2 Å². The normalized spacial score (nSPS) is 11.7. The van der Waals surface area contributed by atoms with Crippen molar-refractivity contribution in [3.05, 3.63) is 76.6 Å². The summed E-state index contributed by atoms with van der Waals surface area (Å²) in [6, 6.07) is 18.8. The summed E-state index contributed by atoms with van der Waals surface area (Å²) < 4.78 is 6.16. The number of thiazole rings is 1. The largest absolute Gasteiger partial charge is 0.438 e. The molecular formula is C24H21N5O2S. The second kappa shape index (κ2) is 9.24. The number of aryl methyl sites for hydroxylation is 2. The molecule has 0 spiro atoms. The number of benzene rings is 2. The maximum Gasteiger partial charge on any atom is 0.223 e. The first-order chi connectivity index (χ1) is 15.5. The first-order valence-corrected chi connectivity index (χ1v) is 10.8. The van der Waals surface area contributed by atoms with Gasteiger partial charge in [0.15, 0.2) is 0 Å². The van der Waals surface area contributed by atoms with Gasteiger partial charge in [0, 0.05) is 18.2 Å². The van der Waals surface area contributed by atoms with Gasteiger partial charge in [0.25, 0.3) is 0 Å². The molecule has 1 atom stereocenters. The van der Waals surface area contributed by atoms with Crippen molar-refractivity contribution < 1.29 is 9.84 Å². The number of aromatic nitrogens is 3. The lowest BCUT2D eigenvalue weighted by atomic mass is 10.1. The molecule has 0 saturated carbocycles. The molecule has 2 heterocycles. The van der Waals surface area contributed by atoms with Crippen molar-refractivity contribution in [3.63, 3.8) is 0 Å². The van der Waals surface area contributed by atoms with Gasteiger partial charge >= 0.3 is 0 Å². The summed E-state index contributed by atoms with van der Waals surface area (Å²) in [5.74, 6) is 1.38. The third kappa shape index (κ3) is 4.50. The monoisotopic (exact) mass is 443 g/mol. The molecule has 0 aliphatic heterocycles. The molecule has 0 fully saturated rings. The van der Waals surface area contributed by atoms with Crippen LogP contribution in [0.15, 0.2) is 54.6 Å². The molecule has 0 amide bonds. The summed E-state index contributed by atoms with van der Waals surface area (Å²) in [6.45, 7) is 3.75. The Balaban J connectivity index is 1.77. The molecule has 2 aromatic heterocycles. The Hall–Kier alpha value is -3.64. The Labute approximate surface area is 189 Å². The highest BCUT2D eigenvalue weighted by Gasteiger charge is 2.19. The van der Waals surface area contributed by atoms with Gasteiger partial charge in [-0.1, -0.05) is 30.3 Å². The Morgan fingerprint density at radius 3 is 2.59 bits per heavy atom. The van der Waals surface area contributed by atoms with Gasteiger partial charge in [-0.3, -0.25) is 0 Å². The number of nitrogens with two attached hydrogens (primary N) is 1. The van der Waals surface area contributed by atoms with Crippen molar-refractivity contribution in [1.82, 2.24) is 15.0 Å². The molecule has 3 N–H and O–H groups in total. The van der Waals surface area contributed by atoms with E-state index in [1.165, 1.54) is 11.3 Å². The molecule has 0 saturated heterocycles. The Bertz CT molecular complexity index is 1300. The van der Waals surface area contributed by atoms with Crippen LogP contribution >= 0.6 is 11.3 Å². The number of nitriles is 1. The molecule has 0 radical (unpaired) electrons. The molecular weight excluding hydrogens is 422 g/mol. The maximum absolute atomic E-state index is 10.2. The predicted molar refractivity (Wildman–Crippen MR) is 123 cm³/mol. The van der Waals surface area contributed by atoms with E-state index in [9.17, 15) is 10.4 Å². The molecule has 4 rings (SSSR count). The smallest absolute Gasteiger partial charge is 0.223 e. The Morgan fingerprint density at radius 2 is 1.88 bits per heavy atom. The average molecular weight is 444 g/mol. The van der Waals surface area contributed by atoms with E-state index in [0.29, 0.717) is 44.2 Å². The SMILES string of the molecule is Cc1nc(Oc2cc(C#N)ccc2-c2nc(C)c(C(O)CN)s2)cc(-c2ccccc2)n1. The summed E-state index contributed by atoms with van der Waals surface area (Å²) >= 11 is 1.35. The van der Waals surface area contributed by atoms with Gasteiger partial charge in [-0.05, 0) is 32.0 Å². The van der Waals surface area contributed by atoms with Crippen molar-refractivity contribution in [2.45, 2.75) is 20.0 Å². The van der Waals surface area contributed by atoms with Gasteiger partial charge in [-0.15, -0.1) is 11.3 Å². The van der Waals surface area contributed by atoms with Gasteiger partial charge in [-0.25, -0.2) is 9.97 Å². The average Bonchev–Trinajstić information content (AvgIpc) is 3.20. The van der Waals surface area contributed by atoms with Crippen LogP contribution in [0.2, 0.25) is 0 Å². The van der Waals surface area contributed by atoms with Gasteiger partial charge in [0.05, 0.1) is 33.5 Å². The van der Waals surface area contributed by atoms with Gasteiger partial charge < -0.3 is 15.6 Å². The lowest BCUT2D eigenvalue weighted by Gasteiger charge is -2.11. The van der Waals surface area contributed by atoms with Crippen LogP contribution < -0.4 is 10.5 Å². The molecule has 4 aromatic rings. The van der Waals surface area contributed by atoms with E-state index in [4.69, 9.17) is 10.5 Å². The van der Waals surface area contributed by atoms with Crippen LogP contribution in [0.3, 0.4) is 0 Å². The van der Waals surface area contributed by atoms with E-state index in [-0.39, 0.29) is 6.54 Å². The zero-order valence-electron chi connectivity index (χ0n) is 17.6. The van der Waals surface area contributed by atoms with Gasteiger partial charge in [0.1, 0.15) is 22.7 Å². The minimum Gasteiger partial charge on any atom is -0.438 e. The number of nitrogens with zero attached hydrogens (tertiary/aromatic N) is 4. The highest BCUT2D eigenvalue weighted by atomic mass is 32.1. The fourth-order valence-electron chi connectivity index (χ4n) is 3.25. The summed E-state index contributed by atoms with van der Waals surface area (Å²) in [4.78, 5) is 14.2. The fourth-order valence-corrected chi connectivity index (χ4v) is 4.35. The first kappa shape index (κ1) is 21.6. The zero-order valence-corrected chi connectivity index (χ0v) is 18.4. The highest BCUT2D eigenvalue weighted by molar-refractivity contribution is 7.15. The number of hydrogen-bond acceptors (Lipinski definition) is 8. The molecule has 0 bridgehead atoms. The van der Waals surface area contributed by atoms with Crippen LogP contribution in [0.1, 0.15) is 28.1 Å². The minimum atomic E-state index is -0.776. The maximum atomic E-state index is 10.2. The van der Waals surface area contributed by atoms with E-state index in [0.717, 1.165) is 11.3 Å². The van der Waals surface area contributed by atoms with Crippen molar-refractivity contribution in [2.24, 2.45) is 5.73 Å². The van der Waals surface area contributed by atoms with Crippen molar-refractivity contribution in [3.8, 4) is 39.5 Å². The van der Waals surface area contributed by atoms with E-state index < -0.39 is 6.10 Å². The third-order valence-corrected chi connectivity index (χ3v) is 6.09. The number of aliphatic hydroxyl groups excluding tert-OH is 1. The van der Waals surface area contributed by atoms with E-state index >= 15 is 0 Å². The number of ether oxygens (including phenoxy) is 1. The van der Waals surface area contributed by atoms with Crippen molar-refractivity contribution in [1.29, 1.82) is 5.26 Å².